The number of nitrogens with one attached hydrogen (secondary N) is 1. The lowest BCUT2D eigenvalue weighted by Gasteiger charge is -2.20. The van der Waals surface area contributed by atoms with Gasteiger partial charge in [-0.3, -0.25) is 14.2 Å². The minimum atomic E-state index is -0.385. The summed E-state index contributed by atoms with van der Waals surface area (Å²) in [5, 5.41) is 3.64. The number of hydrogen-bond donors (Lipinski definition) is 1. The van der Waals surface area contributed by atoms with E-state index >= 15 is 0 Å². The van der Waals surface area contributed by atoms with Crippen molar-refractivity contribution in [1.82, 2.24) is 19.4 Å². The molecule has 2 aromatic heterocycles. The number of rotatable bonds is 7. The Bertz CT molecular complexity index is 1390. The number of benzene rings is 2. The van der Waals surface area contributed by atoms with Gasteiger partial charge in [0.15, 0.2) is 9.60 Å². The number of nitrogens with zero attached hydrogens (tertiary/aromatic N) is 3. The predicted octanol–water partition coefficient (Wildman–Crippen LogP) is 4.73. The summed E-state index contributed by atoms with van der Waals surface area (Å²) in [6.45, 7) is 4.02. The van der Waals surface area contributed by atoms with E-state index in [0.29, 0.717) is 25.9 Å². The molecule has 4 aromatic rings. The van der Waals surface area contributed by atoms with Crippen molar-refractivity contribution < 1.29 is 4.79 Å². The smallest absolute Gasteiger partial charge is 0.273 e. The second-order valence-corrected chi connectivity index (χ2v) is 9.14. The Labute approximate surface area is 198 Å². The summed E-state index contributed by atoms with van der Waals surface area (Å²) in [5.41, 5.74) is 2.01. The Morgan fingerprint density at radius 3 is 2.56 bits per heavy atom. The molecule has 0 spiro atoms. The fourth-order valence-corrected chi connectivity index (χ4v) is 4.84. The lowest BCUT2D eigenvalue weighted by molar-refractivity contribution is -0.122. The van der Waals surface area contributed by atoms with Crippen LogP contribution < -0.4 is 10.9 Å². The highest BCUT2D eigenvalue weighted by Gasteiger charge is 2.18. The van der Waals surface area contributed by atoms with E-state index in [1.54, 1.807) is 22.8 Å². The van der Waals surface area contributed by atoms with E-state index in [9.17, 15) is 9.59 Å². The third-order valence-corrected chi connectivity index (χ3v) is 6.59. The molecule has 4 rings (SSSR count). The number of allylic oxidation sites excluding steroid dienone is 1. The molecule has 1 amide bonds. The first-order valence-corrected chi connectivity index (χ1v) is 11.4. The maximum Gasteiger partial charge on any atom is 0.273 e. The summed E-state index contributed by atoms with van der Waals surface area (Å²) in [5.74, 6) is -0.314. The molecular weight excluding hydrogens is 464 g/mol. The Morgan fingerprint density at radius 2 is 1.88 bits per heavy atom. The Kier molecular flexibility index (Phi) is 6.64. The molecule has 9 heteroatoms. The van der Waals surface area contributed by atoms with Gasteiger partial charge >= 0.3 is 0 Å². The molecule has 162 valence electrons. The second-order valence-electron chi connectivity index (χ2n) is 7.06. The lowest BCUT2D eigenvalue weighted by atomic mass is 9.98. The van der Waals surface area contributed by atoms with Crippen LogP contribution in [0.4, 0.5) is 0 Å². The number of carbonyl (C=O) groups is 1. The van der Waals surface area contributed by atoms with Crippen molar-refractivity contribution >= 4 is 51.4 Å². The minimum absolute atomic E-state index is 0.162. The summed E-state index contributed by atoms with van der Waals surface area (Å²) < 4.78 is 4.01. The predicted molar refractivity (Wildman–Crippen MR) is 131 cm³/mol. The first-order chi connectivity index (χ1) is 15.5. The standard InChI is InChI=1S/C23H19ClN4O2S2/c1-2-12-28-21-20(32-23(28)31)22(30)27(14-25-21)13-18(29)26-19(15-6-4-3-5-7-15)16-8-10-17(24)11-9-16/h2-11,14,19H,1,12-13H2,(H,26,29). The molecule has 0 bridgehead atoms. The van der Waals surface area contributed by atoms with Crippen LogP contribution in [-0.4, -0.2) is 20.0 Å². The molecule has 1 unspecified atom stereocenters. The summed E-state index contributed by atoms with van der Waals surface area (Å²) in [6.07, 6.45) is 3.08. The fourth-order valence-electron chi connectivity index (χ4n) is 3.40. The lowest BCUT2D eigenvalue weighted by Crippen LogP contribution is -2.35. The molecule has 0 fully saturated rings. The number of halogens is 1. The average molecular weight is 483 g/mol. The van der Waals surface area contributed by atoms with Crippen LogP contribution in [0.2, 0.25) is 5.02 Å². The van der Waals surface area contributed by atoms with Crippen LogP contribution in [0, 0.1) is 3.95 Å². The van der Waals surface area contributed by atoms with Crippen LogP contribution >= 0.6 is 35.2 Å². The normalized spacial score (nSPS) is 11.9. The van der Waals surface area contributed by atoms with E-state index in [1.165, 1.54) is 22.2 Å². The number of amides is 1. The van der Waals surface area contributed by atoms with Crippen molar-refractivity contribution in [2.24, 2.45) is 0 Å². The number of aromatic nitrogens is 3. The summed E-state index contributed by atoms with van der Waals surface area (Å²) in [6, 6.07) is 16.5. The molecular formula is C23H19ClN4O2S2. The first-order valence-electron chi connectivity index (χ1n) is 9.77. The van der Waals surface area contributed by atoms with E-state index in [0.717, 1.165) is 11.1 Å². The molecule has 32 heavy (non-hydrogen) atoms. The summed E-state index contributed by atoms with van der Waals surface area (Å²) in [4.78, 5) is 30.3. The molecule has 6 nitrogen and oxygen atoms in total. The molecule has 0 saturated heterocycles. The highest BCUT2D eigenvalue weighted by atomic mass is 35.5. The van der Waals surface area contributed by atoms with Gasteiger partial charge in [0.05, 0.1) is 6.04 Å². The van der Waals surface area contributed by atoms with Crippen molar-refractivity contribution in [2.45, 2.75) is 19.1 Å². The van der Waals surface area contributed by atoms with Gasteiger partial charge in [-0.25, -0.2) is 4.98 Å². The van der Waals surface area contributed by atoms with Gasteiger partial charge in [0.2, 0.25) is 5.91 Å². The van der Waals surface area contributed by atoms with Crippen LogP contribution in [0.1, 0.15) is 17.2 Å². The topological polar surface area (TPSA) is 68.9 Å². The third kappa shape index (κ3) is 4.57. The van der Waals surface area contributed by atoms with E-state index in [2.05, 4.69) is 16.9 Å². The van der Waals surface area contributed by atoms with Gasteiger partial charge < -0.3 is 9.88 Å². The third-order valence-electron chi connectivity index (χ3n) is 4.91. The SMILES string of the molecule is C=CCn1c(=S)sc2c(=O)n(CC(=O)NC(c3ccccc3)c3ccc(Cl)cc3)cnc21. The zero-order valence-corrected chi connectivity index (χ0v) is 19.3. The van der Waals surface area contributed by atoms with Gasteiger partial charge in [-0.2, -0.15) is 0 Å². The van der Waals surface area contributed by atoms with Crippen molar-refractivity contribution in [3.05, 3.63) is 104 Å². The van der Waals surface area contributed by atoms with E-state index in [-0.39, 0.29) is 24.1 Å². The summed E-state index contributed by atoms with van der Waals surface area (Å²) >= 11 is 12.6. The van der Waals surface area contributed by atoms with Crippen LogP contribution in [0.15, 0.2) is 78.4 Å². The molecule has 1 atom stereocenters. The number of hydrogen-bond acceptors (Lipinski definition) is 5. The van der Waals surface area contributed by atoms with Crippen molar-refractivity contribution in [1.29, 1.82) is 0 Å². The average Bonchev–Trinajstić information content (AvgIpc) is 3.12. The zero-order valence-electron chi connectivity index (χ0n) is 16.9. The molecule has 2 heterocycles. The molecule has 0 aliphatic rings. The highest BCUT2D eigenvalue weighted by Crippen LogP contribution is 2.23. The maximum atomic E-state index is 13.0. The Balaban J connectivity index is 1.62. The number of thiazole rings is 1. The van der Waals surface area contributed by atoms with Gasteiger partial charge in [0.25, 0.3) is 5.56 Å². The van der Waals surface area contributed by atoms with Gasteiger partial charge in [0.1, 0.15) is 17.6 Å². The Morgan fingerprint density at radius 1 is 1.19 bits per heavy atom. The molecule has 0 saturated carbocycles. The maximum absolute atomic E-state index is 13.0. The van der Waals surface area contributed by atoms with Crippen LogP contribution in [0.25, 0.3) is 10.3 Å². The molecule has 0 aliphatic carbocycles. The fraction of sp³-hybridized carbons (Fsp3) is 0.130. The summed E-state index contributed by atoms with van der Waals surface area (Å²) in [7, 11) is 0. The van der Waals surface area contributed by atoms with Gasteiger partial charge in [0, 0.05) is 11.6 Å². The highest BCUT2D eigenvalue weighted by molar-refractivity contribution is 7.73. The van der Waals surface area contributed by atoms with E-state index in [4.69, 9.17) is 23.8 Å². The number of carbonyl (C=O) groups excluding carboxylic acids is 1. The largest absolute Gasteiger partial charge is 0.344 e. The van der Waals surface area contributed by atoms with Gasteiger partial charge in [-0.05, 0) is 35.5 Å². The molecule has 2 aromatic carbocycles. The Hall–Kier alpha value is -3.07. The van der Waals surface area contributed by atoms with Gasteiger partial charge in [-0.1, -0.05) is 71.5 Å². The van der Waals surface area contributed by atoms with Crippen molar-refractivity contribution in [3.8, 4) is 0 Å². The zero-order chi connectivity index (χ0) is 22.7. The quantitative estimate of drug-likeness (QED) is 0.305. The molecule has 1 N–H and O–H groups in total. The van der Waals surface area contributed by atoms with Crippen molar-refractivity contribution in [3.63, 3.8) is 0 Å². The van der Waals surface area contributed by atoms with Crippen LogP contribution in [0.5, 0.6) is 0 Å². The first kappa shape index (κ1) is 22.1. The molecule has 0 radical (unpaired) electrons. The van der Waals surface area contributed by atoms with E-state index < -0.39 is 0 Å². The minimum Gasteiger partial charge on any atom is -0.344 e. The van der Waals surface area contributed by atoms with Crippen molar-refractivity contribution in [2.75, 3.05) is 0 Å². The van der Waals surface area contributed by atoms with E-state index in [1.807, 2.05) is 42.5 Å². The van der Waals surface area contributed by atoms with Gasteiger partial charge in [-0.15, -0.1) is 6.58 Å². The van der Waals surface area contributed by atoms with Crippen LogP contribution in [0.3, 0.4) is 0 Å². The second kappa shape index (κ2) is 9.60. The molecule has 0 aliphatic heterocycles. The van der Waals surface area contributed by atoms with Crippen LogP contribution in [-0.2, 0) is 17.9 Å². The number of fused-ring (bicyclic) bond motifs is 1. The monoisotopic (exact) mass is 482 g/mol.